The molecule has 0 radical (unpaired) electrons. The predicted molar refractivity (Wildman–Crippen MR) is 138 cm³/mol. The van der Waals surface area contributed by atoms with Gasteiger partial charge in [-0.2, -0.15) is 5.10 Å². The molecule has 0 fully saturated rings. The molecule has 0 spiro atoms. The van der Waals surface area contributed by atoms with Crippen molar-refractivity contribution in [2.24, 2.45) is 14.1 Å². The number of halogens is 1. The van der Waals surface area contributed by atoms with E-state index >= 15 is 0 Å². The molecule has 0 saturated heterocycles. The zero-order chi connectivity index (χ0) is 26.0. The molecule has 0 atom stereocenters. The number of methoxy groups -OCH3 is 1. The lowest BCUT2D eigenvalue weighted by molar-refractivity contribution is -0.136. The smallest absolute Gasteiger partial charge is 0.303 e. The second-order valence-electron chi connectivity index (χ2n) is 8.94. The van der Waals surface area contributed by atoms with Gasteiger partial charge in [0.2, 0.25) is 0 Å². The van der Waals surface area contributed by atoms with Crippen molar-refractivity contribution in [3.8, 4) is 11.1 Å². The summed E-state index contributed by atoms with van der Waals surface area (Å²) >= 11 is 6.78. The van der Waals surface area contributed by atoms with Crippen molar-refractivity contribution >= 4 is 34.8 Å². The van der Waals surface area contributed by atoms with Crippen LogP contribution in [0.2, 0.25) is 5.02 Å². The third-order valence-electron chi connectivity index (χ3n) is 6.80. The van der Waals surface area contributed by atoms with Crippen LogP contribution in [0.4, 0.5) is 0 Å². The van der Waals surface area contributed by atoms with Crippen LogP contribution >= 0.6 is 11.6 Å². The SMILES string of the molecule is COC1=CC=C(COCc2nn(C)c(C)c2-c2c(Cl)ccc3c(CCC(=O)O)c(C=O)n(C)c23)CC1. The van der Waals surface area contributed by atoms with Crippen molar-refractivity contribution in [2.75, 3.05) is 13.7 Å². The standard InChI is InChI=1S/C27H30ClN3O5/c1-16-25(22(29-31(16)3)15-36-14-17-5-7-18(35-4)8-6-17)26-21(28)11-9-20-19(10-12-24(33)34)23(13-32)30(2)27(20)26/h5,7,9,11,13H,6,8,10,12,14-15H2,1-4H3,(H,33,34). The van der Waals surface area contributed by atoms with Gasteiger partial charge in [-0.25, -0.2) is 0 Å². The maximum atomic E-state index is 12.0. The lowest BCUT2D eigenvalue weighted by Gasteiger charge is -2.14. The molecule has 1 aliphatic rings. The molecule has 2 aromatic heterocycles. The van der Waals surface area contributed by atoms with Gasteiger partial charge in [0.15, 0.2) is 6.29 Å². The normalized spacial score (nSPS) is 13.6. The fraction of sp³-hybridized carbons (Fsp3) is 0.370. The summed E-state index contributed by atoms with van der Waals surface area (Å²) in [6, 6.07) is 3.65. The van der Waals surface area contributed by atoms with Crippen LogP contribution in [0.15, 0.2) is 35.6 Å². The van der Waals surface area contributed by atoms with Crippen LogP contribution in [0.25, 0.3) is 22.0 Å². The Morgan fingerprint density at radius 1 is 1.19 bits per heavy atom. The minimum Gasteiger partial charge on any atom is -0.501 e. The van der Waals surface area contributed by atoms with Gasteiger partial charge in [-0.3, -0.25) is 14.3 Å². The first kappa shape index (κ1) is 25.7. The summed E-state index contributed by atoms with van der Waals surface area (Å²) < 4.78 is 15.0. The van der Waals surface area contributed by atoms with E-state index in [0.29, 0.717) is 29.5 Å². The maximum Gasteiger partial charge on any atom is 0.303 e. The Labute approximate surface area is 214 Å². The van der Waals surface area contributed by atoms with Crippen LogP contribution < -0.4 is 0 Å². The average Bonchev–Trinajstić information content (AvgIpc) is 3.30. The number of ether oxygens (including phenoxy) is 2. The van der Waals surface area contributed by atoms with E-state index in [2.05, 4.69) is 0 Å². The fourth-order valence-electron chi connectivity index (χ4n) is 4.84. The van der Waals surface area contributed by atoms with Crippen molar-refractivity contribution in [1.82, 2.24) is 14.3 Å². The number of fused-ring (bicyclic) bond motifs is 1. The quantitative estimate of drug-likeness (QED) is 0.379. The summed E-state index contributed by atoms with van der Waals surface area (Å²) in [4.78, 5) is 23.3. The number of aryl methyl sites for hydroxylation is 3. The highest BCUT2D eigenvalue weighted by molar-refractivity contribution is 6.35. The Kier molecular flexibility index (Phi) is 7.66. The lowest BCUT2D eigenvalue weighted by atomic mass is 9.98. The molecule has 1 N–H and O–H groups in total. The number of rotatable bonds is 10. The Morgan fingerprint density at radius 3 is 2.61 bits per heavy atom. The van der Waals surface area contributed by atoms with Crippen LogP contribution in [0.3, 0.4) is 0 Å². The van der Waals surface area contributed by atoms with Crippen LogP contribution in [0.5, 0.6) is 0 Å². The number of hydrogen-bond donors (Lipinski definition) is 1. The van der Waals surface area contributed by atoms with E-state index < -0.39 is 5.97 Å². The molecule has 1 aromatic carbocycles. The van der Waals surface area contributed by atoms with Gasteiger partial charge in [0.05, 0.1) is 48.0 Å². The van der Waals surface area contributed by atoms with Gasteiger partial charge in [-0.1, -0.05) is 23.7 Å². The second-order valence-corrected chi connectivity index (χ2v) is 9.35. The van der Waals surface area contributed by atoms with Gasteiger partial charge in [0, 0.05) is 49.1 Å². The molecule has 0 saturated carbocycles. The minimum atomic E-state index is -0.914. The van der Waals surface area contributed by atoms with E-state index in [1.165, 1.54) is 5.57 Å². The third kappa shape index (κ3) is 4.83. The van der Waals surface area contributed by atoms with E-state index in [1.54, 1.807) is 29.5 Å². The number of benzene rings is 1. The van der Waals surface area contributed by atoms with Crippen molar-refractivity contribution in [3.05, 3.63) is 63.3 Å². The summed E-state index contributed by atoms with van der Waals surface area (Å²) in [6.45, 7) is 2.74. The highest BCUT2D eigenvalue weighted by Gasteiger charge is 2.25. The molecule has 8 nitrogen and oxygen atoms in total. The largest absolute Gasteiger partial charge is 0.501 e. The molecule has 4 rings (SSSR count). The molecular weight excluding hydrogens is 482 g/mol. The second kappa shape index (κ2) is 10.7. The molecule has 0 amide bonds. The molecule has 9 heteroatoms. The van der Waals surface area contributed by atoms with Crippen molar-refractivity contribution in [3.63, 3.8) is 0 Å². The Bertz CT molecular complexity index is 1400. The van der Waals surface area contributed by atoms with Gasteiger partial charge < -0.3 is 19.1 Å². The first-order chi connectivity index (χ1) is 17.3. The molecule has 0 bridgehead atoms. The monoisotopic (exact) mass is 511 g/mol. The Hall–Kier alpha value is -3.36. The highest BCUT2D eigenvalue weighted by atomic mass is 35.5. The number of carboxylic acids is 1. The number of carbonyl (C=O) groups excluding carboxylic acids is 1. The van der Waals surface area contributed by atoms with Crippen molar-refractivity contribution in [1.29, 1.82) is 0 Å². The fourth-order valence-corrected chi connectivity index (χ4v) is 5.08. The third-order valence-corrected chi connectivity index (χ3v) is 7.12. The highest BCUT2D eigenvalue weighted by Crippen LogP contribution is 2.41. The zero-order valence-electron chi connectivity index (χ0n) is 20.9. The molecule has 1 aliphatic carbocycles. The number of aliphatic carboxylic acids is 1. The van der Waals surface area contributed by atoms with Gasteiger partial charge in [-0.15, -0.1) is 0 Å². The van der Waals surface area contributed by atoms with Gasteiger partial charge in [0.25, 0.3) is 0 Å². The van der Waals surface area contributed by atoms with Crippen LogP contribution in [0, 0.1) is 6.92 Å². The topological polar surface area (TPSA) is 95.6 Å². The summed E-state index contributed by atoms with van der Waals surface area (Å²) in [5.41, 5.74) is 6.38. The molecule has 0 unspecified atom stereocenters. The molecule has 2 heterocycles. The summed E-state index contributed by atoms with van der Waals surface area (Å²) in [6.07, 6.45) is 6.70. The van der Waals surface area contributed by atoms with E-state index in [9.17, 15) is 14.7 Å². The van der Waals surface area contributed by atoms with Gasteiger partial charge in [-0.05, 0) is 43.0 Å². The first-order valence-electron chi connectivity index (χ1n) is 11.8. The van der Waals surface area contributed by atoms with E-state index in [-0.39, 0.29) is 12.8 Å². The lowest BCUT2D eigenvalue weighted by Crippen LogP contribution is -2.04. The Balaban J connectivity index is 1.75. The zero-order valence-corrected chi connectivity index (χ0v) is 21.7. The van der Waals surface area contributed by atoms with E-state index in [1.807, 2.05) is 32.2 Å². The summed E-state index contributed by atoms with van der Waals surface area (Å²) in [5, 5.41) is 15.3. The predicted octanol–water partition coefficient (Wildman–Crippen LogP) is 5.14. The summed E-state index contributed by atoms with van der Waals surface area (Å²) in [7, 11) is 5.35. The molecule has 3 aromatic rings. The van der Waals surface area contributed by atoms with Gasteiger partial charge >= 0.3 is 5.97 Å². The van der Waals surface area contributed by atoms with Crippen molar-refractivity contribution in [2.45, 2.75) is 39.2 Å². The van der Waals surface area contributed by atoms with Crippen molar-refractivity contribution < 1.29 is 24.2 Å². The minimum absolute atomic E-state index is 0.0696. The number of nitrogens with zero attached hydrogens (tertiary/aromatic N) is 3. The number of aromatic nitrogens is 3. The number of carbonyl (C=O) groups is 2. The maximum absolute atomic E-state index is 12.0. The summed E-state index contributed by atoms with van der Waals surface area (Å²) in [5.74, 6) is 0.0479. The first-order valence-corrected chi connectivity index (χ1v) is 12.1. The number of carboxylic acid groups (broad SMARTS) is 1. The van der Waals surface area contributed by atoms with Crippen LogP contribution in [-0.4, -0.2) is 45.4 Å². The molecular formula is C27H30ClN3O5. The average molecular weight is 512 g/mol. The van der Waals surface area contributed by atoms with E-state index in [4.69, 9.17) is 26.2 Å². The molecule has 36 heavy (non-hydrogen) atoms. The number of aldehydes is 1. The van der Waals surface area contributed by atoms with Gasteiger partial charge in [0.1, 0.15) is 0 Å². The van der Waals surface area contributed by atoms with Crippen LogP contribution in [0.1, 0.15) is 46.7 Å². The molecule has 190 valence electrons. The number of hydrogen-bond acceptors (Lipinski definition) is 5. The van der Waals surface area contributed by atoms with Crippen LogP contribution in [-0.2, 0) is 41.4 Å². The molecule has 0 aliphatic heterocycles. The Morgan fingerprint density at radius 2 is 1.97 bits per heavy atom. The van der Waals surface area contributed by atoms with E-state index in [0.717, 1.165) is 58.3 Å². The number of allylic oxidation sites excluding steroid dienone is 3.